The number of nitrogens with one attached hydrogen (secondary N) is 1. The number of alkyl carbamates (subject to hydrolysis) is 1. The van der Waals surface area contributed by atoms with E-state index in [4.69, 9.17) is 18.9 Å². The van der Waals surface area contributed by atoms with Crippen LogP contribution in [0.4, 0.5) is 9.59 Å². The van der Waals surface area contributed by atoms with Crippen LogP contribution in [-0.2, 0) is 25.4 Å². The highest BCUT2D eigenvalue weighted by atomic mass is 16.7. The van der Waals surface area contributed by atoms with E-state index in [1.807, 2.05) is 27.7 Å². The average Bonchev–Trinajstić information content (AvgIpc) is 3.27. The molecule has 2 amide bonds. The number of aliphatic hydroxyl groups excluding tert-OH is 1. The van der Waals surface area contributed by atoms with Gasteiger partial charge in [-0.1, -0.05) is 39.8 Å². The van der Waals surface area contributed by atoms with E-state index in [0.29, 0.717) is 13.2 Å². The van der Waals surface area contributed by atoms with Crippen LogP contribution in [0.15, 0.2) is 24.3 Å². The van der Waals surface area contributed by atoms with Crippen molar-refractivity contribution in [3.05, 3.63) is 29.8 Å². The number of hydrogen-bond acceptors (Lipinski definition) is 8. The number of ether oxygens (including phenoxy) is 4. The summed E-state index contributed by atoms with van der Waals surface area (Å²) in [5.74, 6) is 0.391. The second-order valence-electron chi connectivity index (χ2n) is 12.1. The van der Waals surface area contributed by atoms with Crippen molar-refractivity contribution < 1.29 is 38.7 Å². The van der Waals surface area contributed by atoms with Gasteiger partial charge >= 0.3 is 12.2 Å². The standard InChI is InChI=1S/C28H44N2O8/c1-17(2)13-30(26(34)38-27(4,5)6)14-22(32)21(12-19-8-10-20(31)11-9-19)29-25(33)37-23-16-36-24-28(23,7)18(3)15-35-24/h8-11,17-18,21-24,31-32H,12-16H2,1-7H3,(H,29,33)/t18-,21+,22-,23+,24-,28-/m1/s1. The number of phenolic OH excluding ortho intramolecular Hbond substituents is 1. The molecule has 2 saturated heterocycles. The predicted octanol–water partition coefficient (Wildman–Crippen LogP) is 3.68. The predicted molar refractivity (Wildman–Crippen MR) is 141 cm³/mol. The molecule has 0 saturated carbocycles. The van der Waals surface area contributed by atoms with Crippen molar-refractivity contribution in [1.29, 1.82) is 0 Å². The van der Waals surface area contributed by atoms with Gasteiger partial charge in [-0.15, -0.1) is 0 Å². The zero-order valence-corrected chi connectivity index (χ0v) is 23.6. The molecule has 2 fully saturated rings. The van der Waals surface area contributed by atoms with Gasteiger partial charge in [-0.2, -0.15) is 0 Å². The number of carbonyl (C=O) groups excluding carboxylic acids is 2. The summed E-state index contributed by atoms with van der Waals surface area (Å²) < 4.78 is 22.8. The van der Waals surface area contributed by atoms with Crippen LogP contribution in [-0.4, -0.2) is 83.7 Å². The van der Waals surface area contributed by atoms with Gasteiger partial charge in [0.15, 0.2) is 6.29 Å². The third-order valence-electron chi connectivity index (χ3n) is 7.21. The molecule has 3 rings (SSSR count). The topological polar surface area (TPSA) is 127 Å². The van der Waals surface area contributed by atoms with E-state index >= 15 is 0 Å². The molecule has 10 nitrogen and oxygen atoms in total. The van der Waals surface area contributed by atoms with E-state index in [-0.39, 0.29) is 37.2 Å². The number of phenols is 1. The Kier molecular flexibility index (Phi) is 9.54. The Morgan fingerprint density at radius 1 is 1.16 bits per heavy atom. The first-order valence-corrected chi connectivity index (χ1v) is 13.3. The van der Waals surface area contributed by atoms with Crippen molar-refractivity contribution >= 4 is 12.2 Å². The SMILES string of the molecule is CC(C)CN(C[C@@H](O)[C@H](Cc1ccc(O)cc1)NC(=O)O[C@H]1CO[C@H]2OC[C@@H](C)[C@@]21C)C(=O)OC(C)(C)C. The first kappa shape index (κ1) is 30.0. The summed E-state index contributed by atoms with van der Waals surface area (Å²) >= 11 is 0. The molecule has 1 aromatic carbocycles. The van der Waals surface area contributed by atoms with E-state index in [1.165, 1.54) is 4.90 Å². The average molecular weight is 537 g/mol. The van der Waals surface area contributed by atoms with Crippen LogP contribution in [0.3, 0.4) is 0 Å². The molecule has 0 unspecified atom stereocenters. The molecule has 3 N–H and O–H groups in total. The summed E-state index contributed by atoms with van der Waals surface area (Å²) in [4.78, 5) is 27.5. The van der Waals surface area contributed by atoms with E-state index in [2.05, 4.69) is 5.32 Å². The second kappa shape index (κ2) is 12.1. The summed E-state index contributed by atoms with van der Waals surface area (Å²) in [5.41, 5.74) is -0.370. The van der Waals surface area contributed by atoms with Crippen molar-refractivity contribution in [1.82, 2.24) is 10.2 Å². The fourth-order valence-corrected chi connectivity index (χ4v) is 4.86. The zero-order chi connectivity index (χ0) is 28.3. The minimum absolute atomic E-state index is 0.0483. The quantitative estimate of drug-likeness (QED) is 0.436. The molecule has 2 heterocycles. The molecular weight excluding hydrogens is 492 g/mol. The smallest absolute Gasteiger partial charge is 0.410 e. The second-order valence-corrected chi connectivity index (χ2v) is 12.1. The van der Waals surface area contributed by atoms with Crippen molar-refractivity contribution in [2.75, 3.05) is 26.3 Å². The number of carbonyl (C=O) groups is 2. The van der Waals surface area contributed by atoms with Crippen molar-refractivity contribution in [3.63, 3.8) is 0 Å². The number of amides is 2. The highest BCUT2D eigenvalue weighted by Crippen LogP contribution is 2.48. The maximum absolute atomic E-state index is 13.1. The molecule has 0 bridgehead atoms. The fourth-order valence-electron chi connectivity index (χ4n) is 4.86. The van der Waals surface area contributed by atoms with E-state index in [0.717, 1.165) is 5.56 Å². The van der Waals surface area contributed by atoms with Gasteiger partial charge in [0.25, 0.3) is 0 Å². The maximum Gasteiger partial charge on any atom is 0.410 e. The molecule has 6 atom stereocenters. The summed E-state index contributed by atoms with van der Waals surface area (Å²) in [5, 5.41) is 23.8. The third kappa shape index (κ3) is 7.51. The first-order valence-electron chi connectivity index (χ1n) is 13.3. The van der Waals surface area contributed by atoms with Crippen LogP contribution < -0.4 is 5.32 Å². The van der Waals surface area contributed by atoms with Crippen LogP contribution >= 0.6 is 0 Å². The molecule has 0 aromatic heterocycles. The molecule has 0 radical (unpaired) electrons. The molecule has 214 valence electrons. The van der Waals surface area contributed by atoms with Gasteiger partial charge in [0.2, 0.25) is 0 Å². The van der Waals surface area contributed by atoms with Gasteiger partial charge in [0, 0.05) is 6.54 Å². The number of hydrogen-bond donors (Lipinski definition) is 3. The Hall–Kier alpha value is -2.56. The Morgan fingerprint density at radius 3 is 2.39 bits per heavy atom. The first-order chi connectivity index (χ1) is 17.7. The van der Waals surface area contributed by atoms with E-state index < -0.39 is 47.7 Å². The Balaban J connectivity index is 1.75. The van der Waals surface area contributed by atoms with Gasteiger partial charge < -0.3 is 39.4 Å². The van der Waals surface area contributed by atoms with Gasteiger partial charge in [-0.25, -0.2) is 9.59 Å². The number of aliphatic hydroxyl groups is 1. The van der Waals surface area contributed by atoms with Crippen LogP contribution in [0.2, 0.25) is 0 Å². The monoisotopic (exact) mass is 536 g/mol. The molecule has 0 spiro atoms. The maximum atomic E-state index is 13.1. The summed E-state index contributed by atoms with van der Waals surface area (Å²) in [7, 11) is 0. The van der Waals surface area contributed by atoms with Crippen LogP contribution in [0.5, 0.6) is 5.75 Å². The largest absolute Gasteiger partial charge is 0.508 e. The Labute approximate surface area is 225 Å². The van der Waals surface area contributed by atoms with Gasteiger partial charge in [-0.05, 0) is 56.7 Å². The van der Waals surface area contributed by atoms with Crippen molar-refractivity contribution in [2.24, 2.45) is 17.3 Å². The number of fused-ring (bicyclic) bond motifs is 1. The van der Waals surface area contributed by atoms with Gasteiger partial charge in [-0.3, -0.25) is 0 Å². The van der Waals surface area contributed by atoms with Crippen LogP contribution in [0.1, 0.15) is 54.0 Å². The molecule has 1 aromatic rings. The zero-order valence-electron chi connectivity index (χ0n) is 23.6. The highest BCUT2D eigenvalue weighted by molar-refractivity contribution is 5.69. The van der Waals surface area contributed by atoms with Crippen LogP contribution in [0.25, 0.3) is 0 Å². The molecule has 0 aliphatic carbocycles. The molecule has 10 heteroatoms. The lowest BCUT2D eigenvalue weighted by Gasteiger charge is -2.34. The normalized spacial score (nSPS) is 26.5. The fraction of sp³-hybridized carbons (Fsp3) is 0.714. The number of rotatable bonds is 9. The highest BCUT2D eigenvalue weighted by Gasteiger charge is 2.58. The van der Waals surface area contributed by atoms with Crippen molar-refractivity contribution in [3.8, 4) is 5.75 Å². The lowest BCUT2D eigenvalue weighted by atomic mass is 9.76. The molecular formula is C28H44N2O8. The number of nitrogens with zero attached hydrogens (tertiary/aromatic N) is 1. The molecule has 2 aliphatic rings. The van der Waals surface area contributed by atoms with E-state index in [1.54, 1.807) is 45.0 Å². The third-order valence-corrected chi connectivity index (χ3v) is 7.21. The van der Waals surface area contributed by atoms with Gasteiger partial charge in [0.05, 0.1) is 37.3 Å². The summed E-state index contributed by atoms with van der Waals surface area (Å²) in [6.07, 6.45) is -3.02. The lowest BCUT2D eigenvalue weighted by Crippen LogP contribution is -2.53. The van der Waals surface area contributed by atoms with Crippen molar-refractivity contribution in [2.45, 2.75) is 85.0 Å². The molecule has 38 heavy (non-hydrogen) atoms. The number of aromatic hydroxyl groups is 1. The minimum atomic E-state index is -1.13. The van der Waals surface area contributed by atoms with Crippen LogP contribution in [0, 0.1) is 17.3 Å². The summed E-state index contributed by atoms with van der Waals surface area (Å²) in [6.45, 7) is 14.4. The minimum Gasteiger partial charge on any atom is -0.508 e. The summed E-state index contributed by atoms with van der Waals surface area (Å²) in [6, 6.07) is 5.74. The Morgan fingerprint density at radius 2 is 1.79 bits per heavy atom. The number of benzene rings is 1. The molecule has 2 aliphatic heterocycles. The van der Waals surface area contributed by atoms with E-state index in [9.17, 15) is 19.8 Å². The van der Waals surface area contributed by atoms with Gasteiger partial charge in [0.1, 0.15) is 17.5 Å². The Bertz CT molecular complexity index is 947. The lowest BCUT2D eigenvalue weighted by molar-refractivity contribution is -0.108.